The molecule has 2 rings (SSSR count). The quantitative estimate of drug-likeness (QED) is 0.797. The van der Waals surface area contributed by atoms with E-state index in [0.29, 0.717) is 12.8 Å². The number of carbonyl (C=O) groups is 1. The number of rotatable bonds is 2. The molecule has 2 aliphatic rings. The second kappa shape index (κ2) is 3.61. The molecule has 0 atom stereocenters. The van der Waals surface area contributed by atoms with Crippen molar-refractivity contribution < 1.29 is 23.1 Å². The van der Waals surface area contributed by atoms with E-state index in [1.807, 2.05) is 0 Å². The number of carboxylic acid groups (broad SMARTS) is 1. The molecule has 1 saturated carbocycles. The van der Waals surface area contributed by atoms with Crippen LogP contribution in [0.2, 0.25) is 0 Å². The Balaban J connectivity index is 1.97. The number of hydrogen-bond donors (Lipinski definition) is 1. The molecule has 3 nitrogen and oxygen atoms in total. The van der Waals surface area contributed by atoms with Gasteiger partial charge in [0.25, 0.3) is 0 Å². The molecule has 0 aromatic heterocycles. The first-order valence-electron chi connectivity index (χ1n) is 5.41. The van der Waals surface area contributed by atoms with Gasteiger partial charge in [-0.1, -0.05) is 0 Å². The molecule has 6 heteroatoms. The van der Waals surface area contributed by atoms with Crippen molar-refractivity contribution in [3.63, 3.8) is 0 Å². The molecule has 0 aromatic carbocycles. The summed E-state index contributed by atoms with van der Waals surface area (Å²) in [7, 11) is 0. The van der Waals surface area contributed by atoms with Crippen molar-refractivity contribution in [1.29, 1.82) is 0 Å². The monoisotopic (exact) mass is 237 g/mol. The number of hydrogen-bond acceptors (Lipinski definition) is 2. The molecule has 1 aliphatic carbocycles. The van der Waals surface area contributed by atoms with Crippen LogP contribution in [0.25, 0.3) is 0 Å². The van der Waals surface area contributed by atoms with E-state index in [9.17, 15) is 18.0 Å². The minimum atomic E-state index is -4.18. The summed E-state index contributed by atoms with van der Waals surface area (Å²) in [5.41, 5.74) is -1.63. The molecule has 1 N–H and O–H groups in total. The van der Waals surface area contributed by atoms with E-state index < -0.39 is 23.6 Å². The van der Waals surface area contributed by atoms with Gasteiger partial charge in [0, 0.05) is 0 Å². The molecule has 0 bridgehead atoms. The lowest BCUT2D eigenvalue weighted by Crippen LogP contribution is -2.51. The van der Waals surface area contributed by atoms with Crippen molar-refractivity contribution in [1.82, 2.24) is 4.90 Å². The Bertz CT molecular complexity index is 291. The molecule has 0 radical (unpaired) electrons. The third kappa shape index (κ3) is 1.79. The summed E-state index contributed by atoms with van der Waals surface area (Å²) in [6.45, 7) is 0.493. The number of nitrogens with zero attached hydrogens (tertiary/aromatic N) is 1. The van der Waals surface area contributed by atoms with Crippen LogP contribution >= 0.6 is 0 Å². The van der Waals surface area contributed by atoms with Gasteiger partial charge in [0.2, 0.25) is 0 Å². The Morgan fingerprint density at radius 3 is 2.06 bits per heavy atom. The highest BCUT2D eigenvalue weighted by Crippen LogP contribution is 2.54. The van der Waals surface area contributed by atoms with Crippen LogP contribution in [-0.2, 0) is 4.79 Å². The predicted octanol–water partition coefficient (Wildman–Crippen LogP) is 1.88. The Morgan fingerprint density at radius 2 is 1.75 bits per heavy atom. The molecule has 1 aliphatic heterocycles. The lowest BCUT2D eigenvalue weighted by molar-refractivity contribution is -0.200. The van der Waals surface area contributed by atoms with Crippen LogP contribution < -0.4 is 0 Å². The van der Waals surface area contributed by atoms with E-state index in [1.165, 1.54) is 4.90 Å². The maximum atomic E-state index is 12.8. The molecule has 0 unspecified atom stereocenters. The second-order valence-electron chi connectivity index (χ2n) is 4.63. The molecule has 0 aromatic rings. The second-order valence-corrected chi connectivity index (χ2v) is 4.63. The minimum absolute atomic E-state index is 0.161. The van der Waals surface area contributed by atoms with Crippen LogP contribution in [0, 0.1) is 5.92 Å². The van der Waals surface area contributed by atoms with Crippen molar-refractivity contribution in [3.8, 4) is 0 Å². The van der Waals surface area contributed by atoms with Gasteiger partial charge in [-0.2, -0.15) is 13.2 Å². The Labute approximate surface area is 91.2 Å². The van der Waals surface area contributed by atoms with Crippen LogP contribution in [0.1, 0.15) is 25.7 Å². The lowest BCUT2D eigenvalue weighted by Gasteiger charge is -2.37. The number of carboxylic acids is 1. The topological polar surface area (TPSA) is 40.5 Å². The summed E-state index contributed by atoms with van der Waals surface area (Å²) < 4.78 is 38.3. The number of piperidine rings is 1. The van der Waals surface area contributed by atoms with E-state index in [0.717, 1.165) is 0 Å². The standard InChI is InChI=1S/C10H14F3NO2/c11-10(12,13)9(3-4-9)14-5-1-7(2-6-14)8(15)16/h7H,1-6H2,(H,15,16). The van der Waals surface area contributed by atoms with Gasteiger partial charge in [-0.25, -0.2) is 0 Å². The van der Waals surface area contributed by atoms with Gasteiger partial charge in [-0.3, -0.25) is 9.69 Å². The van der Waals surface area contributed by atoms with E-state index in [4.69, 9.17) is 5.11 Å². The predicted molar refractivity (Wildman–Crippen MR) is 50.0 cm³/mol. The van der Waals surface area contributed by atoms with Gasteiger partial charge in [0.05, 0.1) is 5.92 Å². The zero-order chi connectivity index (χ0) is 12.0. The maximum Gasteiger partial charge on any atom is 0.406 e. The van der Waals surface area contributed by atoms with Crippen molar-refractivity contribution in [3.05, 3.63) is 0 Å². The zero-order valence-electron chi connectivity index (χ0n) is 8.76. The van der Waals surface area contributed by atoms with E-state index in [-0.39, 0.29) is 25.9 Å². The fraction of sp³-hybridized carbons (Fsp3) is 0.900. The molecular formula is C10H14F3NO2. The number of likely N-dealkylation sites (tertiary alicyclic amines) is 1. The number of alkyl halides is 3. The lowest BCUT2D eigenvalue weighted by atomic mass is 9.95. The average molecular weight is 237 g/mol. The molecule has 0 spiro atoms. The fourth-order valence-corrected chi connectivity index (χ4v) is 2.45. The van der Waals surface area contributed by atoms with Crippen LogP contribution in [-0.4, -0.2) is 40.8 Å². The third-order valence-corrected chi connectivity index (χ3v) is 3.70. The molecule has 0 amide bonds. The summed E-state index contributed by atoms with van der Waals surface area (Å²) in [6, 6.07) is 0. The van der Waals surface area contributed by atoms with Gasteiger partial charge < -0.3 is 5.11 Å². The first kappa shape index (κ1) is 11.7. The van der Waals surface area contributed by atoms with Crippen molar-refractivity contribution in [2.75, 3.05) is 13.1 Å². The summed E-state index contributed by atoms with van der Waals surface area (Å²) in [5.74, 6) is -1.36. The highest BCUT2D eigenvalue weighted by Gasteiger charge is 2.66. The molecule has 16 heavy (non-hydrogen) atoms. The molecular weight excluding hydrogens is 223 g/mol. The summed E-state index contributed by atoms with van der Waals surface area (Å²) in [5, 5.41) is 8.76. The van der Waals surface area contributed by atoms with Crippen LogP contribution in [0.4, 0.5) is 13.2 Å². The summed E-state index contributed by atoms with van der Waals surface area (Å²) in [6.07, 6.45) is -3.20. The summed E-state index contributed by atoms with van der Waals surface area (Å²) in [4.78, 5) is 12.1. The number of halogens is 3. The van der Waals surface area contributed by atoms with Crippen molar-refractivity contribution in [2.45, 2.75) is 37.4 Å². The van der Waals surface area contributed by atoms with E-state index >= 15 is 0 Å². The molecule has 2 fully saturated rings. The Morgan fingerprint density at radius 1 is 1.25 bits per heavy atom. The van der Waals surface area contributed by atoms with E-state index in [2.05, 4.69) is 0 Å². The first-order valence-corrected chi connectivity index (χ1v) is 5.41. The molecule has 1 heterocycles. The molecule has 1 saturated heterocycles. The molecule has 92 valence electrons. The van der Waals surface area contributed by atoms with Crippen LogP contribution in [0.5, 0.6) is 0 Å². The van der Waals surface area contributed by atoms with Gasteiger partial charge >= 0.3 is 12.1 Å². The fourth-order valence-electron chi connectivity index (χ4n) is 2.45. The van der Waals surface area contributed by atoms with Gasteiger partial charge in [-0.05, 0) is 38.8 Å². The first-order chi connectivity index (χ1) is 7.37. The zero-order valence-corrected chi connectivity index (χ0v) is 8.76. The summed E-state index contributed by atoms with van der Waals surface area (Å²) >= 11 is 0. The highest BCUT2D eigenvalue weighted by molar-refractivity contribution is 5.70. The van der Waals surface area contributed by atoms with Crippen molar-refractivity contribution in [2.24, 2.45) is 5.92 Å². The smallest absolute Gasteiger partial charge is 0.406 e. The highest BCUT2D eigenvalue weighted by atomic mass is 19.4. The SMILES string of the molecule is O=C(O)C1CCN(C2(C(F)(F)F)CC2)CC1. The van der Waals surface area contributed by atoms with Gasteiger partial charge in [0.15, 0.2) is 0 Å². The minimum Gasteiger partial charge on any atom is -0.481 e. The largest absolute Gasteiger partial charge is 0.481 e. The van der Waals surface area contributed by atoms with Crippen LogP contribution in [0.3, 0.4) is 0 Å². The Hall–Kier alpha value is -0.780. The average Bonchev–Trinajstić information content (AvgIpc) is 2.97. The number of aliphatic carboxylic acids is 1. The Kier molecular flexibility index (Phi) is 2.64. The van der Waals surface area contributed by atoms with Gasteiger partial charge in [0.1, 0.15) is 5.54 Å². The normalized spacial score (nSPS) is 26.7. The van der Waals surface area contributed by atoms with E-state index in [1.54, 1.807) is 0 Å². The van der Waals surface area contributed by atoms with Crippen LogP contribution in [0.15, 0.2) is 0 Å². The van der Waals surface area contributed by atoms with Gasteiger partial charge in [-0.15, -0.1) is 0 Å². The van der Waals surface area contributed by atoms with Crippen molar-refractivity contribution >= 4 is 5.97 Å². The third-order valence-electron chi connectivity index (χ3n) is 3.70. The maximum absolute atomic E-state index is 12.8.